The minimum Gasteiger partial charge on any atom is -0.450 e. The van der Waals surface area contributed by atoms with E-state index in [0.29, 0.717) is 11.0 Å². The molecule has 134 valence electrons. The molecular weight excluding hydrogens is 412 g/mol. The number of carboxylic acid groups (broad SMARTS) is 1. The standard InChI is InChI=1S/C16H17BrN2O5S/c17-13-8-4-5-9-14(13)25(22,23)19-15(11-24-16(20)21)18-10-12-6-2-1-3-7-12/h1-9,15,18-19H,10-11H2,(H,20,21). The lowest BCUT2D eigenvalue weighted by Gasteiger charge is -2.20. The van der Waals surface area contributed by atoms with E-state index in [0.717, 1.165) is 5.56 Å². The lowest BCUT2D eigenvalue weighted by Crippen LogP contribution is -2.48. The van der Waals surface area contributed by atoms with E-state index < -0.39 is 22.3 Å². The van der Waals surface area contributed by atoms with Crippen molar-refractivity contribution in [2.24, 2.45) is 0 Å². The fraction of sp³-hybridized carbons (Fsp3) is 0.188. The Hall–Kier alpha value is -1.94. The number of hydrogen-bond acceptors (Lipinski definition) is 5. The van der Waals surface area contributed by atoms with Gasteiger partial charge in [-0.2, -0.15) is 4.72 Å². The van der Waals surface area contributed by atoms with Crippen LogP contribution in [0.15, 0.2) is 64.0 Å². The number of rotatable bonds is 8. The molecule has 0 aliphatic carbocycles. The van der Waals surface area contributed by atoms with E-state index in [2.05, 4.69) is 30.7 Å². The molecule has 0 aliphatic rings. The average molecular weight is 429 g/mol. The molecule has 0 spiro atoms. The van der Waals surface area contributed by atoms with Crippen molar-refractivity contribution in [2.45, 2.75) is 17.6 Å². The Morgan fingerprint density at radius 2 is 1.76 bits per heavy atom. The first-order valence-corrected chi connectivity index (χ1v) is 9.56. The van der Waals surface area contributed by atoms with E-state index in [1.54, 1.807) is 18.2 Å². The second kappa shape index (κ2) is 8.95. The lowest BCUT2D eigenvalue weighted by molar-refractivity contribution is 0.0807. The van der Waals surface area contributed by atoms with Crippen LogP contribution < -0.4 is 10.0 Å². The Labute approximate surface area is 154 Å². The third kappa shape index (κ3) is 6.13. The van der Waals surface area contributed by atoms with Gasteiger partial charge in [0.1, 0.15) is 12.8 Å². The molecule has 2 aromatic rings. The van der Waals surface area contributed by atoms with Crippen LogP contribution in [0, 0.1) is 0 Å². The molecule has 0 aliphatic heterocycles. The van der Waals surface area contributed by atoms with Gasteiger partial charge in [0.25, 0.3) is 0 Å². The van der Waals surface area contributed by atoms with E-state index in [1.807, 2.05) is 30.3 Å². The molecule has 0 bridgehead atoms. The molecule has 2 aromatic carbocycles. The molecule has 0 radical (unpaired) electrons. The molecule has 0 amide bonds. The maximum atomic E-state index is 12.5. The molecule has 2 rings (SSSR count). The summed E-state index contributed by atoms with van der Waals surface area (Å²) in [5.41, 5.74) is 0.919. The summed E-state index contributed by atoms with van der Waals surface area (Å²) >= 11 is 3.20. The molecule has 0 heterocycles. The van der Waals surface area contributed by atoms with Crippen molar-refractivity contribution in [3.8, 4) is 0 Å². The molecule has 9 heteroatoms. The van der Waals surface area contributed by atoms with Gasteiger partial charge in [-0.15, -0.1) is 0 Å². The zero-order valence-corrected chi connectivity index (χ0v) is 15.5. The van der Waals surface area contributed by atoms with Crippen LogP contribution in [-0.4, -0.2) is 32.5 Å². The summed E-state index contributed by atoms with van der Waals surface area (Å²) in [4.78, 5) is 10.7. The SMILES string of the molecule is O=C(O)OCC(NCc1ccccc1)NS(=O)(=O)c1ccccc1Br. The highest BCUT2D eigenvalue weighted by Gasteiger charge is 2.23. The summed E-state index contributed by atoms with van der Waals surface area (Å²) in [5, 5.41) is 11.6. The number of sulfonamides is 1. The number of nitrogens with one attached hydrogen (secondary N) is 2. The Balaban J connectivity index is 2.11. The zero-order chi connectivity index (χ0) is 18.3. The molecule has 7 nitrogen and oxygen atoms in total. The first-order valence-electron chi connectivity index (χ1n) is 7.28. The van der Waals surface area contributed by atoms with Crippen molar-refractivity contribution >= 4 is 32.1 Å². The second-order valence-corrected chi connectivity index (χ2v) is 7.58. The molecule has 0 aromatic heterocycles. The van der Waals surface area contributed by atoms with Gasteiger partial charge in [-0.3, -0.25) is 5.32 Å². The van der Waals surface area contributed by atoms with Crippen LogP contribution in [0.4, 0.5) is 4.79 Å². The predicted molar refractivity (Wildman–Crippen MR) is 95.5 cm³/mol. The van der Waals surface area contributed by atoms with Crippen LogP contribution in [0.5, 0.6) is 0 Å². The first kappa shape index (κ1) is 19.4. The van der Waals surface area contributed by atoms with Gasteiger partial charge in [0.15, 0.2) is 0 Å². The quantitative estimate of drug-likeness (QED) is 0.440. The van der Waals surface area contributed by atoms with E-state index >= 15 is 0 Å². The minimum absolute atomic E-state index is 0.0526. The largest absolute Gasteiger partial charge is 0.505 e. The molecule has 1 unspecified atom stereocenters. The van der Waals surface area contributed by atoms with Gasteiger partial charge in [0.05, 0.1) is 4.90 Å². The van der Waals surface area contributed by atoms with E-state index in [4.69, 9.17) is 5.11 Å². The van der Waals surface area contributed by atoms with Gasteiger partial charge >= 0.3 is 6.16 Å². The van der Waals surface area contributed by atoms with Crippen molar-refractivity contribution in [3.05, 3.63) is 64.6 Å². The molecule has 0 saturated heterocycles. The average Bonchev–Trinajstić information content (AvgIpc) is 2.58. The highest BCUT2D eigenvalue weighted by molar-refractivity contribution is 9.10. The highest BCUT2D eigenvalue weighted by atomic mass is 79.9. The van der Waals surface area contributed by atoms with Gasteiger partial charge in [0, 0.05) is 11.0 Å². The molecule has 0 fully saturated rings. The molecular formula is C16H17BrN2O5S. The number of ether oxygens (including phenoxy) is 1. The first-order chi connectivity index (χ1) is 11.9. The highest BCUT2D eigenvalue weighted by Crippen LogP contribution is 2.21. The van der Waals surface area contributed by atoms with Crippen LogP contribution in [0.1, 0.15) is 5.56 Å². The summed E-state index contributed by atoms with van der Waals surface area (Å²) < 4.78 is 32.4. The normalized spacial score (nSPS) is 12.5. The zero-order valence-electron chi connectivity index (χ0n) is 13.1. The Kier molecular flexibility index (Phi) is 6.94. The summed E-state index contributed by atoms with van der Waals surface area (Å²) in [6.07, 6.45) is -2.40. The Morgan fingerprint density at radius 3 is 2.40 bits per heavy atom. The minimum atomic E-state index is -3.87. The van der Waals surface area contributed by atoms with Crippen molar-refractivity contribution in [1.29, 1.82) is 0 Å². The fourth-order valence-corrected chi connectivity index (χ4v) is 4.20. The molecule has 25 heavy (non-hydrogen) atoms. The third-order valence-electron chi connectivity index (χ3n) is 3.19. The van der Waals surface area contributed by atoms with Gasteiger partial charge < -0.3 is 9.84 Å². The predicted octanol–water partition coefficient (Wildman–Crippen LogP) is 2.54. The summed E-state index contributed by atoms with van der Waals surface area (Å²) in [5.74, 6) is 0. The van der Waals surface area contributed by atoms with Crippen LogP contribution in [-0.2, 0) is 21.3 Å². The molecule has 1 atom stereocenters. The number of benzene rings is 2. The van der Waals surface area contributed by atoms with Crippen LogP contribution in [0.3, 0.4) is 0 Å². The van der Waals surface area contributed by atoms with Crippen LogP contribution in [0.25, 0.3) is 0 Å². The van der Waals surface area contributed by atoms with Gasteiger partial charge in [-0.25, -0.2) is 13.2 Å². The number of hydrogen-bond donors (Lipinski definition) is 3. The molecule has 3 N–H and O–H groups in total. The maximum absolute atomic E-state index is 12.5. The lowest BCUT2D eigenvalue weighted by atomic mass is 10.2. The smallest absolute Gasteiger partial charge is 0.450 e. The van der Waals surface area contributed by atoms with Crippen molar-refractivity contribution in [3.63, 3.8) is 0 Å². The third-order valence-corrected chi connectivity index (χ3v) is 5.68. The van der Waals surface area contributed by atoms with Gasteiger partial charge in [-0.1, -0.05) is 42.5 Å². The van der Waals surface area contributed by atoms with Crippen LogP contribution >= 0.6 is 15.9 Å². The monoisotopic (exact) mass is 428 g/mol. The summed E-state index contributed by atoms with van der Waals surface area (Å²) in [6, 6.07) is 15.6. The second-order valence-electron chi connectivity index (χ2n) is 5.05. The van der Waals surface area contributed by atoms with Crippen LogP contribution in [0.2, 0.25) is 0 Å². The summed E-state index contributed by atoms with van der Waals surface area (Å²) in [6.45, 7) is -0.0290. The van der Waals surface area contributed by atoms with Crippen molar-refractivity contribution in [1.82, 2.24) is 10.0 Å². The Bertz CT molecular complexity index is 814. The van der Waals surface area contributed by atoms with Gasteiger partial charge in [0.2, 0.25) is 10.0 Å². The fourth-order valence-electron chi connectivity index (χ4n) is 2.04. The van der Waals surface area contributed by atoms with E-state index in [-0.39, 0.29) is 11.5 Å². The van der Waals surface area contributed by atoms with E-state index in [9.17, 15) is 13.2 Å². The van der Waals surface area contributed by atoms with E-state index in [1.165, 1.54) is 6.07 Å². The summed E-state index contributed by atoms with van der Waals surface area (Å²) in [7, 11) is -3.87. The number of carbonyl (C=O) groups is 1. The van der Waals surface area contributed by atoms with Crippen molar-refractivity contribution in [2.75, 3.05) is 6.61 Å². The van der Waals surface area contributed by atoms with Gasteiger partial charge in [-0.05, 0) is 33.6 Å². The topological polar surface area (TPSA) is 105 Å². The number of halogens is 1. The maximum Gasteiger partial charge on any atom is 0.505 e. The Morgan fingerprint density at radius 1 is 1.12 bits per heavy atom. The molecule has 0 saturated carbocycles. The van der Waals surface area contributed by atoms with Crippen molar-refractivity contribution < 1.29 is 23.1 Å².